The van der Waals surface area contributed by atoms with Gasteiger partial charge in [-0.25, -0.2) is 9.97 Å². The molecule has 7 aromatic carbocycles. The molecule has 0 spiro atoms. The Bertz CT molecular complexity index is 5270. The summed E-state index contributed by atoms with van der Waals surface area (Å²) >= 11 is 0. The van der Waals surface area contributed by atoms with E-state index in [1.807, 2.05) is 115 Å². The minimum Gasteiger partial charge on any atom is -0.508 e. The van der Waals surface area contributed by atoms with Crippen LogP contribution in [0.3, 0.4) is 0 Å². The number of aliphatic hydroxyl groups excluding tert-OH is 1. The van der Waals surface area contributed by atoms with Crippen LogP contribution in [0.5, 0.6) is 17.2 Å². The topological polar surface area (TPSA) is 403 Å². The zero-order chi connectivity index (χ0) is 87.8. The minimum atomic E-state index is -1.47. The van der Waals surface area contributed by atoms with E-state index in [4.69, 9.17) is 36.3 Å². The molecule has 122 heavy (non-hydrogen) atoms. The highest BCUT2D eigenvalue weighted by Gasteiger charge is 2.31. The number of carboxylic acids is 1. The fourth-order valence-corrected chi connectivity index (χ4v) is 15.0. The number of phenolic OH excluding ortho intramolecular Hbond substituents is 1. The summed E-state index contributed by atoms with van der Waals surface area (Å²) in [5, 5.41) is 44.6. The number of likely N-dealkylation sites (N-methyl/N-ethyl adjacent to an activating group) is 5. The number of aliphatic carboxylic acids is 1. The second-order valence-corrected chi connectivity index (χ2v) is 29.6. The van der Waals surface area contributed by atoms with Gasteiger partial charge >= 0.3 is 5.97 Å². The molecule has 7 aliphatic heterocycles. The minimum absolute atomic E-state index is 0.0175. The van der Waals surface area contributed by atoms with Crippen LogP contribution in [0.1, 0.15) is 196 Å². The summed E-state index contributed by atoms with van der Waals surface area (Å²) < 4.78 is 10.2. The number of hydrogen-bond donors (Lipinski definition) is 9. The summed E-state index contributed by atoms with van der Waals surface area (Å²) in [6.45, 7) is 20.8. The zero-order valence-corrected chi connectivity index (χ0v) is 70.1. The van der Waals surface area contributed by atoms with E-state index in [1.54, 1.807) is 116 Å². The number of nitrogens with two attached hydrogens (primary N) is 2. The molecule has 0 unspecified atom stereocenters. The highest BCUT2D eigenvalue weighted by atomic mass is 16.5. The van der Waals surface area contributed by atoms with Crippen LogP contribution in [-0.2, 0) is 62.8 Å². The van der Waals surface area contributed by atoms with Gasteiger partial charge in [0.25, 0.3) is 53.2 Å². The van der Waals surface area contributed by atoms with E-state index in [9.17, 15) is 53.1 Å². The van der Waals surface area contributed by atoms with Crippen LogP contribution in [0.25, 0.3) is 0 Å². The molecule has 16 rings (SSSR count). The van der Waals surface area contributed by atoms with Crippen LogP contribution in [0, 0.1) is 6.92 Å². The van der Waals surface area contributed by atoms with Gasteiger partial charge in [-0.3, -0.25) is 47.9 Å². The molecule has 0 aliphatic carbocycles. The summed E-state index contributed by atoms with van der Waals surface area (Å²) in [7, 11) is 3.27. The van der Waals surface area contributed by atoms with Crippen LogP contribution < -0.4 is 36.9 Å². The van der Waals surface area contributed by atoms with E-state index in [0.717, 1.165) is 151 Å². The van der Waals surface area contributed by atoms with Crippen LogP contribution in [0.15, 0.2) is 164 Å². The second-order valence-electron chi connectivity index (χ2n) is 29.6. The van der Waals surface area contributed by atoms with Gasteiger partial charge in [-0.2, -0.15) is 0 Å². The van der Waals surface area contributed by atoms with Crippen LogP contribution >= 0.6 is 0 Å². The highest BCUT2D eigenvalue weighted by Crippen LogP contribution is 2.29. The lowest BCUT2D eigenvalue weighted by atomic mass is 9.96. The molecular weight excluding hydrogens is 1560 g/mol. The van der Waals surface area contributed by atoms with Crippen LogP contribution in [0.2, 0.25) is 0 Å². The highest BCUT2D eigenvalue weighted by molar-refractivity contribution is 6.03. The summed E-state index contributed by atoms with van der Waals surface area (Å²) in [4.78, 5) is 138. The van der Waals surface area contributed by atoms with Crippen molar-refractivity contribution >= 4 is 70.8 Å². The number of carbonyl (C=O) groups excluding carboxylic acids is 9. The van der Waals surface area contributed by atoms with Crippen molar-refractivity contribution in [3.05, 3.63) is 275 Å². The van der Waals surface area contributed by atoms with E-state index >= 15 is 0 Å². The first-order valence-electron chi connectivity index (χ1n) is 40.9. The Morgan fingerprint density at radius 2 is 0.770 bits per heavy atom. The summed E-state index contributed by atoms with van der Waals surface area (Å²) in [5.74, 6) is 1.33. The van der Waals surface area contributed by atoms with Crippen molar-refractivity contribution in [2.45, 2.75) is 106 Å². The Hall–Kier alpha value is -13.5. The van der Waals surface area contributed by atoms with E-state index in [2.05, 4.69) is 38.9 Å². The number of aromatic nitrogens is 2. The molecule has 0 saturated carbocycles. The Kier molecular flexibility index (Phi) is 31.9. The van der Waals surface area contributed by atoms with Crippen molar-refractivity contribution in [2.24, 2.45) is 0 Å². The molecule has 0 saturated heterocycles. The van der Waals surface area contributed by atoms with Crippen molar-refractivity contribution < 1.29 is 77.8 Å². The van der Waals surface area contributed by atoms with Crippen molar-refractivity contribution in [3.8, 4) is 17.2 Å². The Balaban J connectivity index is 0.000000152. The molecule has 29 heteroatoms. The number of anilines is 2. The summed E-state index contributed by atoms with van der Waals surface area (Å²) in [6, 6.07) is 47.7. The number of ether oxygens (including phenoxy) is 2. The molecule has 0 fully saturated rings. The van der Waals surface area contributed by atoms with Gasteiger partial charge in [0.05, 0.1) is 38.7 Å². The Labute approximate surface area is 709 Å². The van der Waals surface area contributed by atoms with Gasteiger partial charge in [-0.15, -0.1) is 0 Å². The van der Waals surface area contributed by atoms with E-state index in [0.29, 0.717) is 102 Å². The van der Waals surface area contributed by atoms with Crippen LogP contribution in [-0.4, -0.2) is 218 Å². The first kappa shape index (κ1) is 90.8. The maximum absolute atomic E-state index is 12.3. The molecule has 29 nitrogen and oxygen atoms in total. The molecular formula is C93H107N13O16. The van der Waals surface area contributed by atoms with Gasteiger partial charge in [-0.1, -0.05) is 35.9 Å². The maximum atomic E-state index is 12.3. The first-order valence-corrected chi connectivity index (χ1v) is 40.9. The van der Waals surface area contributed by atoms with Crippen molar-refractivity contribution in [1.82, 2.24) is 55.3 Å². The molecule has 640 valence electrons. The lowest BCUT2D eigenvalue weighted by Gasteiger charge is -2.27. The van der Waals surface area contributed by atoms with E-state index in [-0.39, 0.29) is 72.0 Å². The third-order valence-corrected chi connectivity index (χ3v) is 21.8. The van der Waals surface area contributed by atoms with Gasteiger partial charge in [0.15, 0.2) is 6.29 Å². The van der Waals surface area contributed by atoms with Crippen molar-refractivity contribution in [2.75, 3.05) is 111 Å². The van der Waals surface area contributed by atoms with Crippen LogP contribution in [0.4, 0.5) is 11.6 Å². The molecule has 0 bridgehead atoms. The fraction of sp³-hybridized carbons (Fsp3) is 0.333. The predicted octanol–water partition coefficient (Wildman–Crippen LogP) is 9.09. The van der Waals surface area contributed by atoms with E-state index < -0.39 is 12.3 Å². The molecule has 11 N–H and O–H groups in total. The standard InChI is InChI=1S/C18H18N4O4.C18H20N4O2.C12H15NO3.C12H15NO2.C12H15NO.C11H13NO2.C10H11NO2/c19-15-3-1-2-13(21-15)9-20-17(25)12-4-5-14-11(8-12)6-7-22(18(14)26)10-16(23)24;1-2-22-9-8-12-10-13(6-7-15(12)18(22)24)17(23)20-11-14-4-3-5-16(19)21-14;1-2-13-6-5-8-7-9(12(15)16)3-4-10(8)11(13)14;1-3-13-7-6-9-8-10(15-2)4-5-11(9)12(13)14;1-3-13-7-6-10-8-9(2)4-5-11(10)12(13)14;1-2-12-6-5-8-7-9(13)3-4-10(8)11(12)14;1-13-8-2-3-9-7(6-8)4-5-11-10(9)12/h1-5,8H,6-7,9-10H2,(H2,19,21)(H,20,25)(H,23,24);3-7,10H,2,8-9,11H2,1H3,(H2,19,21)(H,20,23);3-4,7,12,15-16H,2,5-6H2,1H3;4-5,8H,3,6-7H2,1-2H3;4-5,8H,3,6-7H2,1-2H3;3-4,7,13H,2,5-6H2,1H3;2-3,6H,4-5H2,1H3,(H,11,12). The summed E-state index contributed by atoms with van der Waals surface area (Å²) in [5.41, 5.74) is 27.2. The molecule has 7 aliphatic rings. The molecule has 9 amide bonds. The van der Waals surface area contributed by atoms with Gasteiger partial charge in [0.2, 0.25) is 0 Å². The summed E-state index contributed by atoms with van der Waals surface area (Å²) in [6.07, 6.45) is 4.23. The van der Waals surface area contributed by atoms with Gasteiger partial charge in [0.1, 0.15) is 35.4 Å². The fourth-order valence-electron chi connectivity index (χ4n) is 15.0. The number of nitrogens with zero attached hydrogens (tertiary/aromatic N) is 8. The number of aliphatic hydroxyl groups is 2. The number of phenols is 1. The third kappa shape index (κ3) is 23.3. The monoisotopic (exact) mass is 1660 g/mol. The number of rotatable bonds is 16. The average Bonchev–Trinajstić information content (AvgIpc) is 0.773. The molecule has 2 aromatic heterocycles. The number of nitrogens with one attached hydrogen (secondary N) is 3. The number of hydrogen-bond acceptors (Lipinski definition) is 19. The number of carboxylic acid groups (broad SMARTS) is 1. The number of nitrogen functional groups attached to an aromatic ring is 2. The SMILES string of the molecule is CCN1CCc2cc(C(=O)NCc3cccc(N)n3)ccc2C1=O.CCN1CCc2cc(C(O)O)ccc2C1=O.CCN1CCc2cc(C)ccc2C1=O.CCN1CCc2cc(O)ccc2C1=O.CCN1CCc2cc(OC)ccc2C1=O.COc1ccc2c(c1)CCNC2=O.Nc1cccc(CNC(=O)c2ccc3c(c2)CCN(CC(=O)O)C3=O)n1. The average molecular weight is 1660 g/mol. The number of fused-ring (bicyclic) bond motifs is 7. The van der Waals surface area contributed by atoms with Gasteiger partial charge < -0.3 is 86.7 Å². The molecule has 9 heterocycles. The number of amides is 9. The number of methoxy groups -OCH3 is 2. The lowest BCUT2D eigenvalue weighted by Crippen LogP contribution is -2.41. The zero-order valence-electron chi connectivity index (χ0n) is 70.1. The first-order chi connectivity index (χ1) is 58.7. The molecule has 0 atom stereocenters. The predicted molar refractivity (Wildman–Crippen MR) is 461 cm³/mol. The second kappa shape index (κ2) is 42.9. The number of aryl methyl sites for hydroxylation is 1. The number of benzene rings is 7. The van der Waals surface area contributed by atoms with Crippen molar-refractivity contribution in [3.63, 3.8) is 0 Å². The van der Waals surface area contributed by atoms with Gasteiger partial charge in [-0.05, 0) is 259 Å². The number of aromatic hydroxyl groups is 1. The maximum Gasteiger partial charge on any atom is 0.323 e. The molecule has 0 radical (unpaired) electrons. The quantitative estimate of drug-likeness (QED) is 0.0407. The lowest BCUT2D eigenvalue weighted by molar-refractivity contribution is -0.137. The largest absolute Gasteiger partial charge is 0.508 e. The smallest absolute Gasteiger partial charge is 0.323 e. The Morgan fingerprint density at radius 3 is 1.17 bits per heavy atom. The van der Waals surface area contributed by atoms with Crippen molar-refractivity contribution in [1.29, 1.82) is 0 Å². The third-order valence-electron chi connectivity index (χ3n) is 21.8. The molecule has 9 aromatic rings. The van der Waals surface area contributed by atoms with Gasteiger partial charge in [0, 0.05) is 134 Å². The Morgan fingerprint density at radius 1 is 0.426 bits per heavy atom. The normalized spacial score (nSPS) is 14.5. The number of carbonyl (C=O) groups is 10. The number of pyridine rings is 2. The van der Waals surface area contributed by atoms with E-state index in [1.165, 1.54) is 16.0 Å².